The maximum Gasteiger partial charge on any atom is 0.256 e. The summed E-state index contributed by atoms with van der Waals surface area (Å²) in [5, 5.41) is 4.74. The average Bonchev–Trinajstić information content (AvgIpc) is 2.72. The molecule has 0 aliphatic heterocycles. The summed E-state index contributed by atoms with van der Waals surface area (Å²) >= 11 is 8.36. The predicted octanol–water partition coefficient (Wildman–Crippen LogP) is 5.14. The minimum absolute atomic E-state index is 0.0851. The third-order valence-electron chi connectivity index (χ3n) is 2.52. The summed E-state index contributed by atoms with van der Waals surface area (Å²) in [6, 6.07) is 5.73. The molecule has 0 atom stereocenters. The molecule has 94 valence electrons. The van der Waals surface area contributed by atoms with Gasteiger partial charge in [-0.25, -0.2) is 0 Å². The first-order valence-electron chi connectivity index (χ1n) is 5.29. The van der Waals surface area contributed by atoms with E-state index in [1.807, 2.05) is 37.4 Å². The lowest BCUT2D eigenvalue weighted by atomic mass is 10.1. The molecule has 1 aromatic carbocycles. The van der Waals surface area contributed by atoms with Gasteiger partial charge in [0.05, 0.1) is 9.35 Å². The van der Waals surface area contributed by atoms with Gasteiger partial charge in [0, 0.05) is 15.5 Å². The molecule has 1 amide bonds. The molecule has 0 aliphatic carbocycles. The number of anilines is 1. The number of halogens is 2. The highest BCUT2D eigenvalue weighted by atomic mass is 79.9. The summed E-state index contributed by atoms with van der Waals surface area (Å²) in [6.45, 7) is 4.02. The summed E-state index contributed by atoms with van der Waals surface area (Å²) < 4.78 is 2.04. The SMILES string of the molecule is Cc1cc(NC(=O)c2csc(Br)c2)cc(C)c1Br. The summed E-state index contributed by atoms with van der Waals surface area (Å²) in [7, 11) is 0. The van der Waals surface area contributed by atoms with Gasteiger partial charge in [-0.05, 0) is 59.1 Å². The smallest absolute Gasteiger partial charge is 0.256 e. The Labute approximate surface area is 127 Å². The van der Waals surface area contributed by atoms with Gasteiger partial charge in [-0.1, -0.05) is 15.9 Å². The first kappa shape index (κ1) is 13.8. The quantitative estimate of drug-likeness (QED) is 0.757. The zero-order valence-electron chi connectivity index (χ0n) is 9.88. The van der Waals surface area contributed by atoms with Crippen LogP contribution in [0.5, 0.6) is 0 Å². The van der Waals surface area contributed by atoms with Crippen LogP contribution in [0.4, 0.5) is 5.69 Å². The van der Waals surface area contributed by atoms with E-state index in [-0.39, 0.29) is 5.91 Å². The van der Waals surface area contributed by atoms with Gasteiger partial charge in [-0.2, -0.15) is 0 Å². The van der Waals surface area contributed by atoms with Gasteiger partial charge in [-0.3, -0.25) is 4.79 Å². The number of rotatable bonds is 2. The molecule has 1 heterocycles. The van der Waals surface area contributed by atoms with Crippen molar-refractivity contribution in [2.45, 2.75) is 13.8 Å². The number of benzene rings is 1. The van der Waals surface area contributed by atoms with Crippen molar-refractivity contribution in [1.29, 1.82) is 0 Å². The predicted molar refractivity (Wildman–Crippen MR) is 83.6 cm³/mol. The van der Waals surface area contributed by atoms with Gasteiger partial charge in [0.15, 0.2) is 0 Å². The molecule has 1 N–H and O–H groups in total. The fourth-order valence-electron chi connectivity index (χ4n) is 1.65. The van der Waals surface area contributed by atoms with E-state index in [0.29, 0.717) is 5.56 Å². The molecule has 2 nitrogen and oxygen atoms in total. The Bertz CT molecular complexity index is 584. The molecule has 18 heavy (non-hydrogen) atoms. The van der Waals surface area contributed by atoms with Gasteiger partial charge >= 0.3 is 0 Å². The van der Waals surface area contributed by atoms with E-state index in [9.17, 15) is 4.79 Å². The van der Waals surface area contributed by atoms with Crippen LogP contribution in [-0.4, -0.2) is 5.91 Å². The summed E-state index contributed by atoms with van der Waals surface area (Å²) in [5.74, 6) is -0.0851. The van der Waals surface area contributed by atoms with E-state index in [4.69, 9.17) is 0 Å². The Kier molecular flexibility index (Phi) is 4.25. The highest BCUT2D eigenvalue weighted by Gasteiger charge is 2.09. The Morgan fingerprint density at radius 3 is 2.28 bits per heavy atom. The topological polar surface area (TPSA) is 29.1 Å². The fraction of sp³-hybridized carbons (Fsp3) is 0.154. The largest absolute Gasteiger partial charge is 0.322 e. The highest BCUT2D eigenvalue weighted by Crippen LogP contribution is 2.26. The Morgan fingerprint density at radius 1 is 1.17 bits per heavy atom. The second kappa shape index (κ2) is 5.55. The van der Waals surface area contributed by atoms with Crippen molar-refractivity contribution in [1.82, 2.24) is 0 Å². The number of hydrogen-bond donors (Lipinski definition) is 1. The van der Waals surface area contributed by atoms with Gasteiger partial charge in [0.2, 0.25) is 0 Å². The Balaban J connectivity index is 2.22. The second-order valence-corrected chi connectivity index (χ2v) is 7.10. The van der Waals surface area contributed by atoms with Gasteiger partial charge < -0.3 is 5.32 Å². The maximum absolute atomic E-state index is 12.0. The lowest BCUT2D eigenvalue weighted by Crippen LogP contribution is -2.11. The van der Waals surface area contributed by atoms with Gasteiger partial charge in [0.25, 0.3) is 5.91 Å². The van der Waals surface area contributed by atoms with Crippen molar-refractivity contribution in [2.24, 2.45) is 0 Å². The molecular formula is C13H11Br2NOS. The molecule has 0 fully saturated rings. The van der Waals surface area contributed by atoms with Crippen LogP contribution in [0.3, 0.4) is 0 Å². The Hall–Kier alpha value is -0.650. The molecule has 0 unspecified atom stereocenters. The maximum atomic E-state index is 12.0. The highest BCUT2D eigenvalue weighted by molar-refractivity contribution is 9.11. The monoisotopic (exact) mass is 387 g/mol. The van der Waals surface area contributed by atoms with Crippen LogP contribution in [-0.2, 0) is 0 Å². The van der Waals surface area contributed by atoms with Crippen LogP contribution < -0.4 is 5.32 Å². The van der Waals surface area contributed by atoms with Crippen LogP contribution >= 0.6 is 43.2 Å². The molecule has 2 rings (SSSR count). The van der Waals surface area contributed by atoms with Crippen LogP contribution in [0.25, 0.3) is 0 Å². The van der Waals surface area contributed by atoms with Gasteiger partial charge in [-0.15, -0.1) is 11.3 Å². The van der Waals surface area contributed by atoms with E-state index >= 15 is 0 Å². The fourth-order valence-corrected chi connectivity index (χ4v) is 3.02. The zero-order chi connectivity index (χ0) is 13.3. The molecular weight excluding hydrogens is 378 g/mol. The Morgan fingerprint density at radius 2 is 1.78 bits per heavy atom. The molecule has 0 radical (unpaired) electrons. The lowest BCUT2D eigenvalue weighted by Gasteiger charge is -2.09. The summed E-state index contributed by atoms with van der Waals surface area (Å²) in [6.07, 6.45) is 0. The van der Waals surface area contributed by atoms with Crippen LogP contribution in [0.15, 0.2) is 31.8 Å². The van der Waals surface area contributed by atoms with Crippen LogP contribution in [0.1, 0.15) is 21.5 Å². The third kappa shape index (κ3) is 3.02. The zero-order valence-corrected chi connectivity index (χ0v) is 13.9. The summed E-state index contributed by atoms with van der Waals surface area (Å²) in [4.78, 5) is 12.0. The number of thiophene rings is 1. The minimum Gasteiger partial charge on any atom is -0.322 e. The molecule has 0 saturated carbocycles. The van der Waals surface area contributed by atoms with Crippen molar-refractivity contribution in [2.75, 3.05) is 5.32 Å². The number of amides is 1. The van der Waals surface area contributed by atoms with E-state index < -0.39 is 0 Å². The van der Waals surface area contributed by atoms with Crippen molar-refractivity contribution in [3.05, 3.63) is 48.5 Å². The number of nitrogens with one attached hydrogen (secondary N) is 1. The normalized spacial score (nSPS) is 10.4. The second-order valence-electron chi connectivity index (χ2n) is 4.02. The van der Waals surface area contributed by atoms with Crippen molar-refractivity contribution in [3.63, 3.8) is 0 Å². The first-order chi connectivity index (χ1) is 8.47. The molecule has 0 bridgehead atoms. The lowest BCUT2D eigenvalue weighted by molar-refractivity contribution is 0.102. The van der Waals surface area contributed by atoms with Crippen LogP contribution in [0, 0.1) is 13.8 Å². The molecule has 0 spiro atoms. The first-order valence-corrected chi connectivity index (χ1v) is 7.76. The number of hydrogen-bond acceptors (Lipinski definition) is 2. The minimum atomic E-state index is -0.0851. The van der Waals surface area contributed by atoms with E-state index in [1.54, 1.807) is 0 Å². The standard InChI is InChI=1S/C13H11Br2NOS/c1-7-3-10(4-8(2)12(7)15)16-13(17)9-5-11(14)18-6-9/h3-6H,1-2H3,(H,16,17). The molecule has 1 aromatic heterocycles. The summed E-state index contributed by atoms with van der Waals surface area (Å²) in [5.41, 5.74) is 3.71. The van der Waals surface area contributed by atoms with Crippen molar-refractivity contribution >= 4 is 54.8 Å². The molecule has 0 saturated heterocycles. The number of carbonyl (C=O) groups excluding carboxylic acids is 1. The molecule has 0 aliphatic rings. The number of aryl methyl sites for hydroxylation is 2. The van der Waals surface area contributed by atoms with Gasteiger partial charge in [0.1, 0.15) is 0 Å². The molecule has 5 heteroatoms. The van der Waals surface area contributed by atoms with Crippen molar-refractivity contribution < 1.29 is 4.79 Å². The van der Waals surface area contributed by atoms with E-state index in [0.717, 1.165) is 25.1 Å². The number of carbonyl (C=O) groups is 1. The van der Waals surface area contributed by atoms with Crippen molar-refractivity contribution in [3.8, 4) is 0 Å². The third-order valence-corrected chi connectivity index (χ3v) is 5.28. The van der Waals surface area contributed by atoms with E-state index in [1.165, 1.54) is 11.3 Å². The van der Waals surface area contributed by atoms with E-state index in [2.05, 4.69) is 37.2 Å². The van der Waals surface area contributed by atoms with Crippen LogP contribution in [0.2, 0.25) is 0 Å². The average molecular weight is 389 g/mol. The molecule has 2 aromatic rings.